The number of carbonyl (C=O) groups excluding carboxylic acids is 1. The van der Waals surface area contributed by atoms with Crippen LogP contribution in [0.3, 0.4) is 0 Å². The number of aromatic nitrogens is 2. The summed E-state index contributed by atoms with van der Waals surface area (Å²) in [5.41, 5.74) is -0.663. The van der Waals surface area contributed by atoms with Crippen molar-refractivity contribution in [1.29, 1.82) is 0 Å². The van der Waals surface area contributed by atoms with E-state index < -0.39 is 23.7 Å². The van der Waals surface area contributed by atoms with Crippen LogP contribution >= 0.6 is 0 Å². The van der Waals surface area contributed by atoms with E-state index in [1.54, 1.807) is 0 Å². The van der Waals surface area contributed by atoms with Gasteiger partial charge < -0.3 is 15.0 Å². The molecule has 0 saturated carbocycles. The summed E-state index contributed by atoms with van der Waals surface area (Å²) < 4.78 is 39.7. The van der Waals surface area contributed by atoms with Crippen LogP contribution in [-0.2, 0) is 19.1 Å². The van der Waals surface area contributed by atoms with E-state index in [0.717, 1.165) is 6.20 Å². The van der Waals surface area contributed by atoms with E-state index in [2.05, 4.69) is 10.3 Å². The SMILES string of the molecule is O=C(O)c1cccc(C(=O)NCC2CCc3nc(C(F)(F)F)cn3C2)c1. The molecule has 1 unspecified atom stereocenters. The second-order valence-corrected chi connectivity index (χ2v) is 6.19. The van der Waals surface area contributed by atoms with Crippen LogP contribution in [0.15, 0.2) is 30.5 Å². The van der Waals surface area contributed by atoms with Gasteiger partial charge in [-0.05, 0) is 30.5 Å². The largest absolute Gasteiger partial charge is 0.478 e. The lowest BCUT2D eigenvalue weighted by Gasteiger charge is -2.23. The first-order valence-corrected chi connectivity index (χ1v) is 7.99. The molecule has 1 amide bonds. The number of amides is 1. The molecule has 1 aromatic carbocycles. The molecule has 0 bridgehead atoms. The Hall–Kier alpha value is -2.84. The number of aromatic carboxylic acids is 1. The molecule has 0 radical (unpaired) electrons. The van der Waals surface area contributed by atoms with Crippen LogP contribution in [-0.4, -0.2) is 33.1 Å². The van der Waals surface area contributed by atoms with Crippen molar-refractivity contribution in [3.05, 3.63) is 53.1 Å². The molecule has 138 valence electrons. The van der Waals surface area contributed by atoms with E-state index in [9.17, 15) is 22.8 Å². The molecule has 2 heterocycles. The molecule has 2 N–H and O–H groups in total. The third kappa shape index (κ3) is 3.87. The summed E-state index contributed by atoms with van der Waals surface area (Å²) in [6.07, 6.45) is -2.45. The highest BCUT2D eigenvalue weighted by Gasteiger charge is 2.35. The second-order valence-electron chi connectivity index (χ2n) is 6.19. The number of hydrogen-bond donors (Lipinski definition) is 2. The Morgan fingerprint density at radius 2 is 2.04 bits per heavy atom. The maximum Gasteiger partial charge on any atom is 0.434 e. The molecule has 26 heavy (non-hydrogen) atoms. The molecule has 0 saturated heterocycles. The molecule has 1 aliphatic heterocycles. The first-order valence-electron chi connectivity index (χ1n) is 7.99. The van der Waals surface area contributed by atoms with Gasteiger partial charge in [0.15, 0.2) is 5.69 Å². The average Bonchev–Trinajstić information content (AvgIpc) is 3.03. The van der Waals surface area contributed by atoms with Crippen molar-refractivity contribution in [1.82, 2.24) is 14.9 Å². The second kappa shape index (κ2) is 6.81. The van der Waals surface area contributed by atoms with Crippen molar-refractivity contribution in [2.24, 2.45) is 5.92 Å². The highest BCUT2D eigenvalue weighted by atomic mass is 19.4. The fourth-order valence-corrected chi connectivity index (χ4v) is 2.95. The fraction of sp³-hybridized carbons (Fsp3) is 0.353. The minimum atomic E-state index is -4.47. The molecule has 2 aromatic rings. The molecule has 1 aromatic heterocycles. The maximum atomic E-state index is 12.7. The number of rotatable bonds is 4. The maximum absolute atomic E-state index is 12.7. The van der Waals surface area contributed by atoms with Gasteiger partial charge in [-0.1, -0.05) is 6.07 Å². The molecule has 9 heteroatoms. The number of carbonyl (C=O) groups is 2. The number of hydrogen-bond acceptors (Lipinski definition) is 3. The quantitative estimate of drug-likeness (QED) is 0.870. The third-order valence-electron chi connectivity index (χ3n) is 4.30. The van der Waals surface area contributed by atoms with Crippen molar-refractivity contribution in [2.75, 3.05) is 6.54 Å². The molecule has 0 spiro atoms. The Morgan fingerprint density at radius 3 is 2.73 bits per heavy atom. The van der Waals surface area contributed by atoms with Crippen LogP contribution in [0.2, 0.25) is 0 Å². The number of nitrogens with zero attached hydrogens (tertiary/aromatic N) is 2. The number of imidazole rings is 1. The standard InChI is InChI=1S/C17H16F3N3O3/c18-17(19,20)13-9-23-8-10(4-5-14(23)22-13)7-21-15(24)11-2-1-3-12(6-11)16(25)26/h1-3,6,9-10H,4-5,7-8H2,(H,21,24)(H,25,26). The van der Waals surface area contributed by atoms with Crippen LogP contribution in [0.4, 0.5) is 13.2 Å². The van der Waals surface area contributed by atoms with Crippen LogP contribution in [0.25, 0.3) is 0 Å². The van der Waals surface area contributed by atoms with Gasteiger partial charge in [0.05, 0.1) is 5.56 Å². The Bertz CT molecular complexity index is 845. The molecular formula is C17H16F3N3O3. The van der Waals surface area contributed by atoms with Crippen molar-refractivity contribution in [2.45, 2.75) is 25.6 Å². The van der Waals surface area contributed by atoms with Gasteiger partial charge in [0.25, 0.3) is 5.91 Å². The first-order chi connectivity index (χ1) is 12.2. The van der Waals surface area contributed by atoms with Gasteiger partial charge in [0.1, 0.15) is 5.82 Å². The lowest BCUT2D eigenvalue weighted by molar-refractivity contribution is -0.141. The highest BCUT2D eigenvalue weighted by Crippen LogP contribution is 2.30. The van der Waals surface area contributed by atoms with Crippen molar-refractivity contribution >= 4 is 11.9 Å². The zero-order valence-corrected chi connectivity index (χ0v) is 13.6. The molecule has 6 nitrogen and oxygen atoms in total. The minimum Gasteiger partial charge on any atom is -0.478 e. The van der Waals surface area contributed by atoms with Gasteiger partial charge in [-0.3, -0.25) is 4.79 Å². The number of benzene rings is 1. The number of carboxylic acid groups (broad SMARTS) is 1. The topological polar surface area (TPSA) is 84.2 Å². The zero-order chi connectivity index (χ0) is 18.9. The number of nitrogens with one attached hydrogen (secondary N) is 1. The van der Waals surface area contributed by atoms with Gasteiger partial charge in [-0.2, -0.15) is 13.2 Å². The smallest absolute Gasteiger partial charge is 0.434 e. The third-order valence-corrected chi connectivity index (χ3v) is 4.30. The zero-order valence-electron chi connectivity index (χ0n) is 13.6. The van der Waals surface area contributed by atoms with Crippen molar-refractivity contribution in [3.8, 4) is 0 Å². The molecular weight excluding hydrogens is 351 g/mol. The summed E-state index contributed by atoms with van der Waals surface area (Å²) in [6.45, 7) is 0.628. The molecule has 0 fully saturated rings. The highest BCUT2D eigenvalue weighted by molar-refractivity contribution is 5.97. The normalized spacial score (nSPS) is 16.8. The number of fused-ring (bicyclic) bond motifs is 1. The summed E-state index contributed by atoms with van der Waals surface area (Å²) in [6, 6.07) is 5.66. The number of halogens is 3. The Morgan fingerprint density at radius 1 is 1.31 bits per heavy atom. The van der Waals surface area contributed by atoms with Crippen molar-refractivity contribution in [3.63, 3.8) is 0 Å². The summed E-state index contributed by atoms with van der Waals surface area (Å²) in [5, 5.41) is 11.7. The van der Waals surface area contributed by atoms with E-state index in [4.69, 9.17) is 5.11 Å². The first kappa shape index (κ1) is 18.0. The van der Waals surface area contributed by atoms with E-state index >= 15 is 0 Å². The predicted molar refractivity (Wildman–Crippen MR) is 84.8 cm³/mol. The van der Waals surface area contributed by atoms with Gasteiger partial charge >= 0.3 is 12.1 Å². The van der Waals surface area contributed by atoms with Crippen LogP contribution < -0.4 is 5.32 Å². The van der Waals surface area contributed by atoms with Crippen LogP contribution in [0.5, 0.6) is 0 Å². The summed E-state index contributed by atoms with van der Waals surface area (Å²) in [4.78, 5) is 26.7. The minimum absolute atomic E-state index is 0.0121. The van der Waals surface area contributed by atoms with Gasteiger partial charge in [-0.25, -0.2) is 9.78 Å². The van der Waals surface area contributed by atoms with E-state index in [-0.39, 0.29) is 23.6 Å². The van der Waals surface area contributed by atoms with Gasteiger partial charge in [0.2, 0.25) is 0 Å². The predicted octanol–water partition coefficient (Wildman–Crippen LogP) is 2.59. The number of aryl methyl sites for hydroxylation is 1. The lowest BCUT2D eigenvalue weighted by atomic mass is 9.99. The summed E-state index contributed by atoms with van der Waals surface area (Å²) in [5.74, 6) is -1.17. The van der Waals surface area contributed by atoms with Crippen LogP contribution in [0.1, 0.15) is 38.7 Å². The Balaban J connectivity index is 1.61. The van der Waals surface area contributed by atoms with Crippen molar-refractivity contribution < 1.29 is 27.9 Å². The molecule has 0 aliphatic carbocycles. The molecule has 1 atom stereocenters. The van der Waals surface area contributed by atoms with E-state index in [1.807, 2.05) is 0 Å². The van der Waals surface area contributed by atoms with E-state index in [0.29, 0.717) is 25.2 Å². The summed E-state index contributed by atoms with van der Waals surface area (Å²) in [7, 11) is 0. The van der Waals surface area contributed by atoms with Gasteiger partial charge in [-0.15, -0.1) is 0 Å². The van der Waals surface area contributed by atoms with Crippen LogP contribution in [0, 0.1) is 5.92 Å². The Kier molecular flexibility index (Phi) is 4.71. The molecule has 3 rings (SSSR count). The summed E-state index contributed by atoms with van der Waals surface area (Å²) >= 11 is 0. The Labute approximate surface area is 146 Å². The average molecular weight is 367 g/mol. The fourth-order valence-electron chi connectivity index (χ4n) is 2.95. The monoisotopic (exact) mass is 367 g/mol. The number of carboxylic acids is 1. The van der Waals surface area contributed by atoms with Gasteiger partial charge in [0, 0.05) is 31.3 Å². The van der Waals surface area contributed by atoms with E-state index in [1.165, 1.54) is 28.8 Å². The molecule has 1 aliphatic rings. The number of alkyl halides is 3. The lowest BCUT2D eigenvalue weighted by Crippen LogP contribution is -2.33.